The first-order valence-corrected chi connectivity index (χ1v) is 6.91. The van der Waals surface area contributed by atoms with Crippen molar-refractivity contribution in [2.24, 2.45) is 0 Å². The van der Waals surface area contributed by atoms with Gasteiger partial charge in [-0.15, -0.1) is 0 Å². The average molecular weight is 282 g/mol. The van der Waals surface area contributed by atoms with Gasteiger partial charge in [-0.3, -0.25) is 9.69 Å². The van der Waals surface area contributed by atoms with Crippen molar-refractivity contribution in [2.75, 3.05) is 26.7 Å². The third-order valence-corrected chi connectivity index (χ3v) is 3.84. The second-order valence-electron chi connectivity index (χ2n) is 4.90. The Kier molecular flexibility index (Phi) is 4.80. The Hall–Kier alpha value is -1.10. The topological polar surface area (TPSA) is 44.4 Å². The molecule has 0 spiro atoms. The van der Waals surface area contributed by atoms with Gasteiger partial charge >= 0.3 is 0 Å². The van der Waals surface area contributed by atoms with E-state index in [-0.39, 0.29) is 11.9 Å². The fraction of sp³-hybridized carbons (Fsp3) is 0.500. The maximum atomic E-state index is 11.9. The van der Waals surface area contributed by atoms with Gasteiger partial charge in [-0.25, -0.2) is 0 Å². The molecule has 1 atom stereocenters. The number of carbonyl (C=O) groups is 1. The summed E-state index contributed by atoms with van der Waals surface area (Å²) in [6, 6.07) is 5.93. The Morgan fingerprint density at radius 3 is 3.05 bits per heavy atom. The molecule has 1 heterocycles. The summed E-state index contributed by atoms with van der Waals surface area (Å²) in [5.74, 6) is 0.0513. The zero-order valence-corrected chi connectivity index (χ0v) is 12.1. The van der Waals surface area contributed by atoms with Gasteiger partial charge < -0.3 is 10.6 Å². The fourth-order valence-corrected chi connectivity index (χ4v) is 2.65. The summed E-state index contributed by atoms with van der Waals surface area (Å²) in [4.78, 5) is 14.1. The fourth-order valence-electron chi connectivity index (χ4n) is 2.36. The molecule has 1 aromatic rings. The van der Waals surface area contributed by atoms with Gasteiger partial charge in [-0.2, -0.15) is 0 Å². The number of carbonyl (C=O) groups excluding carboxylic acids is 1. The number of halogens is 1. The van der Waals surface area contributed by atoms with E-state index in [1.807, 2.05) is 19.1 Å². The van der Waals surface area contributed by atoms with Crippen LogP contribution in [0.25, 0.3) is 0 Å². The molecule has 1 aliphatic rings. The number of hydrogen-bond acceptors (Lipinski definition) is 3. The van der Waals surface area contributed by atoms with E-state index in [4.69, 9.17) is 11.6 Å². The molecule has 0 bridgehead atoms. The Balaban J connectivity index is 2.13. The van der Waals surface area contributed by atoms with Crippen molar-refractivity contribution in [3.05, 3.63) is 34.3 Å². The first-order valence-electron chi connectivity index (χ1n) is 6.53. The molecule has 0 radical (unpaired) electrons. The molecule has 1 saturated heterocycles. The molecule has 1 fully saturated rings. The van der Waals surface area contributed by atoms with Crippen molar-refractivity contribution in [3.8, 4) is 0 Å². The first kappa shape index (κ1) is 14.3. The molecule has 19 heavy (non-hydrogen) atoms. The highest BCUT2D eigenvalue weighted by molar-refractivity contribution is 6.31. The lowest BCUT2D eigenvalue weighted by Gasteiger charge is -2.35. The highest BCUT2D eigenvalue weighted by Crippen LogP contribution is 2.20. The van der Waals surface area contributed by atoms with E-state index in [2.05, 4.69) is 21.6 Å². The molecule has 0 aromatic heterocycles. The van der Waals surface area contributed by atoms with Gasteiger partial charge in [0.05, 0.1) is 0 Å². The normalized spacial score (nSPS) is 20.3. The Morgan fingerprint density at radius 1 is 1.58 bits per heavy atom. The van der Waals surface area contributed by atoms with Crippen molar-refractivity contribution in [3.63, 3.8) is 0 Å². The average Bonchev–Trinajstić information content (AvgIpc) is 2.41. The monoisotopic (exact) mass is 281 g/mol. The second-order valence-corrected chi connectivity index (χ2v) is 5.31. The van der Waals surface area contributed by atoms with E-state index in [1.54, 1.807) is 7.05 Å². The van der Waals surface area contributed by atoms with Crippen LogP contribution in [0.1, 0.15) is 11.1 Å². The minimum Gasteiger partial charge on any atom is -0.358 e. The third-order valence-electron chi connectivity index (χ3n) is 3.49. The number of piperazine rings is 1. The van der Waals surface area contributed by atoms with Gasteiger partial charge in [0, 0.05) is 38.2 Å². The molecular formula is C14H20ClN3O. The van der Waals surface area contributed by atoms with Gasteiger partial charge in [0.15, 0.2) is 0 Å². The summed E-state index contributed by atoms with van der Waals surface area (Å²) in [6.45, 7) is 5.16. The van der Waals surface area contributed by atoms with Crippen LogP contribution in [0.4, 0.5) is 0 Å². The molecule has 2 rings (SSSR count). The highest BCUT2D eigenvalue weighted by atomic mass is 35.5. The number of nitrogens with one attached hydrogen (secondary N) is 2. The van der Waals surface area contributed by atoms with E-state index < -0.39 is 0 Å². The SMILES string of the molecule is CNC(=O)C1CNCCN1Cc1ccc(C)cc1Cl. The van der Waals surface area contributed by atoms with E-state index in [0.717, 1.165) is 29.2 Å². The lowest BCUT2D eigenvalue weighted by atomic mass is 10.1. The summed E-state index contributed by atoms with van der Waals surface area (Å²) >= 11 is 6.27. The lowest BCUT2D eigenvalue weighted by molar-refractivity contribution is -0.126. The quantitative estimate of drug-likeness (QED) is 0.874. The van der Waals surface area contributed by atoms with Crippen LogP contribution in [0, 0.1) is 6.92 Å². The minimum atomic E-state index is -0.129. The summed E-state index contributed by atoms with van der Waals surface area (Å²) < 4.78 is 0. The molecular weight excluding hydrogens is 262 g/mol. The van der Waals surface area contributed by atoms with Crippen LogP contribution in [0.3, 0.4) is 0 Å². The van der Waals surface area contributed by atoms with Crippen molar-refractivity contribution >= 4 is 17.5 Å². The predicted molar refractivity (Wildman–Crippen MR) is 77.3 cm³/mol. The number of benzene rings is 1. The summed E-state index contributed by atoms with van der Waals surface area (Å²) in [7, 11) is 1.67. The smallest absolute Gasteiger partial charge is 0.238 e. The molecule has 5 heteroatoms. The van der Waals surface area contributed by atoms with Gasteiger partial charge in [-0.1, -0.05) is 23.7 Å². The molecule has 4 nitrogen and oxygen atoms in total. The lowest BCUT2D eigenvalue weighted by Crippen LogP contribution is -2.56. The maximum Gasteiger partial charge on any atom is 0.238 e. The van der Waals surface area contributed by atoms with E-state index in [1.165, 1.54) is 0 Å². The van der Waals surface area contributed by atoms with Crippen molar-refractivity contribution in [1.29, 1.82) is 0 Å². The van der Waals surface area contributed by atoms with Crippen LogP contribution in [0.2, 0.25) is 5.02 Å². The highest BCUT2D eigenvalue weighted by Gasteiger charge is 2.28. The van der Waals surface area contributed by atoms with Crippen LogP contribution >= 0.6 is 11.6 Å². The molecule has 0 aliphatic carbocycles. The number of amides is 1. The third kappa shape index (κ3) is 3.47. The molecule has 1 aromatic carbocycles. The predicted octanol–water partition coefficient (Wildman–Crippen LogP) is 1.17. The summed E-state index contributed by atoms with van der Waals surface area (Å²) in [6.07, 6.45) is 0. The van der Waals surface area contributed by atoms with Crippen LogP contribution in [0.15, 0.2) is 18.2 Å². The molecule has 1 aliphatic heterocycles. The summed E-state index contributed by atoms with van der Waals surface area (Å²) in [5.41, 5.74) is 2.22. The number of nitrogens with zero attached hydrogens (tertiary/aromatic N) is 1. The number of rotatable bonds is 3. The van der Waals surface area contributed by atoms with E-state index >= 15 is 0 Å². The Bertz CT molecular complexity index is 464. The van der Waals surface area contributed by atoms with Crippen LogP contribution in [0.5, 0.6) is 0 Å². The summed E-state index contributed by atoms with van der Waals surface area (Å²) in [5, 5.41) is 6.75. The van der Waals surface area contributed by atoms with Crippen molar-refractivity contribution in [2.45, 2.75) is 19.5 Å². The largest absolute Gasteiger partial charge is 0.358 e. The standard InChI is InChI=1S/C14H20ClN3O/c1-10-3-4-11(12(15)7-10)9-18-6-5-17-8-13(18)14(19)16-2/h3-4,7,13,17H,5-6,8-9H2,1-2H3,(H,16,19). The maximum absolute atomic E-state index is 11.9. The van der Waals surface area contributed by atoms with Crippen LogP contribution in [-0.4, -0.2) is 43.5 Å². The first-order chi connectivity index (χ1) is 9.11. The van der Waals surface area contributed by atoms with Gasteiger partial charge in [0.25, 0.3) is 0 Å². The zero-order valence-electron chi connectivity index (χ0n) is 11.4. The molecule has 0 saturated carbocycles. The van der Waals surface area contributed by atoms with E-state index in [0.29, 0.717) is 13.1 Å². The number of aryl methyl sites for hydroxylation is 1. The van der Waals surface area contributed by atoms with Crippen molar-refractivity contribution < 1.29 is 4.79 Å². The van der Waals surface area contributed by atoms with Crippen LogP contribution < -0.4 is 10.6 Å². The van der Waals surface area contributed by atoms with Crippen molar-refractivity contribution in [1.82, 2.24) is 15.5 Å². The van der Waals surface area contributed by atoms with Gasteiger partial charge in [0.1, 0.15) is 6.04 Å². The Morgan fingerprint density at radius 2 is 2.37 bits per heavy atom. The number of hydrogen-bond donors (Lipinski definition) is 2. The van der Waals surface area contributed by atoms with E-state index in [9.17, 15) is 4.79 Å². The zero-order chi connectivity index (χ0) is 13.8. The molecule has 2 N–H and O–H groups in total. The molecule has 1 amide bonds. The van der Waals surface area contributed by atoms with Gasteiger partial charge in [-0.05, 0) is 24.1 Å². The minimum absolute atomic E-state index is 0.0513. The number of likely N-dealkylation sites (N-methyl/N-ethyl adjacent to an activating group) is 1. The second kappa shape index (κ2) is 6.37. The van der Waals surface area contributed by atoms with Gasteiger partial charge in [0.2, 0.25) is 5.91 Å². The molecule has 1 unspecified atom stereocenters. The van der Waals surface area contributed by atoms with Crippen LogP contribution in [-0.2, 0) is 11.3 Å². The molecule has 104 valence electrons. The Labute approximate surface area is 119 Å².